The first-order valence-electron chi connectivity index (χ1n) is 17.1. The van der Waals surface area contributed by atoms with Crippen LogP contribution >= 0.6 is 11.3 Å². The van der Waals surface area contributed by atoms with Gasteiger partial charge in [0.25, 0.3) is 0 Å². The van der Waals surface area contributed by atoms with Crippen LogP contribution in [0.5, 0.6) is 0 Å². The van der Waals surface area contributed by atoms with Gasteiger partial charge in [-0.05, 0) is 70.2 Å². The van der Waals surface area contributed by atoms with Gasteiger partial charge in [0.1, 0.15) is 24.3 Å². The van der Waals surface area contributed by atoms with Gasteiger partial charge in [-0.2, -0.15) is 0 Å². The molecular formula is C36H53N5O7S. The van der Waals surface area contributed by atoms with E-state index < -0.39 is 35.2 Å². The van der Waals surface area contributed by atoms with Crippen LogP contribution in [0.2, 0.25) is 0 Å². The number of amides is 3. The molecule has 270 valence electrons. The zero-order valence-electron chi connectivity index (χ0n) is 29.9. The minimum absolute atomic E-state index is 0.0245. The molecule has 2 aliphatic rings. The minimum atomic E-state index is -0.873. The van der Waals surface area contributed by atoms with Crippen LogP contribution in [0.3, 0.4) is 0 Å². The number of nitrogens with zero attached hydrogens (tertiary/aromatic N) is 3. The summed E-state index contributed by atoms with van der Waals surface area (Å²) in [5, 5.41) is 16.5. The summed E-state index contributed by atoms with van der Waals surface area (Å²) in [5.41, 5.74) is 3.58. The van der Waals surface area contributed by atoms with Crippen molar-refractivity contribution in [1.29, 1.82) is 0 Å². The average Bonchev–Trinajstić information content (AvgIpc) is 3.64. The Hall–Kier alpha value is -3.39. The molecule has 12 nitrogen and oxygen atoms in total. The number of aliphatic hydroxyl groups excluding tert-OH is 1. The first kappa shape index (κ1) is 38.4. The summed E-state index contributed by atoms with van der Waals surface area (Å²) in [6.07, 6.45) is 0.546. The summed E-state index contributed by atoms with van der Waals surface area (Å²) < 4.78 is 10.7. The van der Waals surface area contributed by atoms with Crippen molar-refractivity contribution < 1.29 is 33.8 Å². The van der Waals surface area contributed by atoms with Crippen LogP contribution in [0.25, 0.3) is 10.4 Å². The highest BCUT2D eigenvalue weighted by Gasteiger charge is 2.45. The predicted molar refractivity (Wildman–Crippen MR) is 187 cm³/mol. The Balaban J connectivity index is 1.28. The van der Waals surface area contributed by atoms with Gasteiger partial charge in [-0.3, -0.25) is 14.4 Å². The normalized spacial score (nSPS) is 19.8. The largest absolute Gasteiger partial charge is 0.458 e. The molecule has 0 unspecified atom stereocenters. The van der Waals surface area contributed by atoms with Gasteiger partial charge in [0, 0.05) is 32.0 Å². The smallest absolute Gasteiger partial charge is 0.332 e. The number of rotatable bonds is 12. The van der Waals surface area contributed by atoms with Crippen LogP contribution in [0.4, 0.5) is 0 Å². The third-order valence-electron chi connectivity index (χ3n) is 8.84. The zero-order valence-corrected chi connectivity index (χ0v) is 30.7. The molecule has 0 aliphatic carbocycles. The van der Waals surface area contributed by atoms with E-state index in [1.807, 2.05) is 78.2 Å². The van der Waals surface area contributed by atoms with E-state index in [2.05, 4.69) is 20.5 Å². The van der Waals surface area contributed by atoms with Gasteiger partial charge < -0.3 is 35.0 Å². The first-order valence-corrected chi connectivity index (χ1v) is 18.0. The lowest BCUT2D eigenvalue weighted by atomic mass is 9.84. The molecule has 49 heavy (non-hydrogen) atoms. The molecule has 3 amide bonds. The molecule has 2 aromatic rings. The number of piperidine rings is 1. The molecule has 2 aliphatic heterocycles. The molecule has 13 heteroatoms. The average molecular weight is 700 g/mol. The standard InChI is InChI=1S/C36H53N5O7S/c1-23-30(49-22-38-23)25-10-8-24(9-11-25)19-37-33(45)28-18-27(42)20-41(28)34(46)31(35(2,3)4)39-32(44)26-12-14-40(15-13-26)16-17-47-21-29(43)48-36(5,6)7/h8-11,22,26-28,31,42H,12-21H2,1-7H3,(H,37,45)(H,39,44)/t27-,28+,31-/m1/s1. The first-order chi connectivity index (χ1) is 23.0. The molecule has 3 atom stereocenters. The van der Waals surface area contributed by atoms with Crippen LogP contribution in [0.1, 0.15) is 72.1 Å². The van der Waals surface area contributed by atoms with Crippen molar-refractivity contribution in [1.82, 2.24) is 25.4 Å². The van der Waals surface area contributed by atoms with Crippen molar-refractivity contribution in [3.8, 4) is 10.4 Å². The zero-order chi connectivity index (χ0) is 35.9. The Labute approximate surface area is 293 Å². The number of benzene rings is 1. The summed E-state index contributed by atoms with van der Waals surface area (Å²) in [7, 11) is 0. The Bertz CT molecular complexity index is 1440. The molecule has 0 saturated carbocycles. The number of likely N-dealkylation sites (tertiary alicyclic amines) is 2. The van der Waals surface area contributed by atoms with Crippen LogP contribution in [0.15, 0.2) is 29.8 Å². The quantitative estimate of drug-likeness (QED) is 0.224. The Kier molecular flexibility index (Phi) is 13.0. The number of carbonyl (C=O) groups is 4. The van der Waals surface area contributed by atoms with E-state index in [0.717, 1.165) is 21.7 Å². The van der Waals surface area contributed by atoms with Crippen molar-refractivity contribution in [2.24, 2.45) is 11.3 Å². The fourth-order valence-corrected chi connectivity index (χ4v) is 6.99. The van der Waals surface area contributed by atoms with Gasteiger partial charge >= 0.3 is 5.97 Å². The van der Waals surface area contributed by atoms with Gasteiger partial charge in [-0.15, -0.1) is 11.3 Å². The maximum absolute atomic E-state index is 14.0. The molecule has 3 heterocycles. The van der Waals surface area contributed by atoms with Gasteiger partial charge in [0.05, 0.1) is 28.8 Å². The SMILES string of the molecule is Cc1ncsc1-c1ccc(CNC(=O)[C@@H]2C[C@@H](O)CN2C(=O)[C@@H](NC(=O)C2CCN(CCOCC(=O)OC(C)(C)C)CC2)C(C)(C)C)cc1. The fourth-order valence-electron chi connectivity index (χ4n) is 6.18. The van der Waals surface area contributed by atoms with Crippen molar-refractivity contribution in [3.63, 3.8) is 0 Å². The second-order valence-corrected chi connectivity index (χ2v) is 16.0. The highest BCUT2D eigenvalue weighted by molar-refractivity contribution is 7.13. The summed E-state index contributed by atoms with van der Waals surface area (Å²) in [5.74, 6) is -1.56. The minimum Gasteiger partial charge on any atom is -0.458 e. The topological polar surface area (TPSA) is 150 Å². The van der Waals surface area contributed by atoms with Gasteiger partial charge in [0.15, 0.2) is 0 Å². The molecule has 2 saturated heterocycles. The number of aliphatic hydroxyl groups is 1. The third-order valence-corrected chi connectivity index (χ3v) is 9.82. The van der Waals surface area contributed by atoms with Crippen molar-refractivity contribution in [2.75, 3.05) is 39.4 Å². The third kappa shape index (κ3) is 11.1. The Morgan fingerprint density at radius 2 is 1.71 bits per heavy atom. The van der Waals surface area contributed by atoms with E-state index in [0.29, 0.717) is 39.1 Å². The number of hydrogen-bond donors (Lipinski definition) is 3. The Morgan fingerprint density at radius 3 is 2.31 bits per heavy atom. The highest BCUT2D eigenvalue weighted by Crippen LogP contribution is 2.29. The van der Waals surface area contributed by atoms with Gasteiger partial charge in [-0.1, -0.05) is 45.0 Å². The molecular weight excluding hydrogens is 646 g/mol. The van der Waals surface area contributed by atoms with Crippen LogP contribution < -0.4 is 10.6 Å². The second kappa shape index (κ2) is 16.5. The number of aromatic nitrogens is 1. The number of nitrogens with one attached hydrogen (secondary N) is 2. The molecule has 0 spiro atoms. The number of esters is 1. The molecule has 0 radical (unpaired) electrons. The molecule has 4 rings (SSSR count). The predicted octanol–water partition coefficient (Wildman–Crippen LogP) is 3.30. The van der Waals surface area contributed by atoms with Crippen molar-refractivity contribution in [2.45, 2.75) is 98.1 Å². The van der Waals surface area contributed by atoms with E-state index >= 15 is 0 Å². The van der Waals surface area contributed by atoms with Crippen LogP contribution in [-0.4, -0.2) is 107 Å². The lowest BCUT2D eigenvalue weighted by molar-refractivity contribution is -0.160. The molecule has 2 fully saturated rings. The summed E-state index contributed by atoms with van der Waals surface area (Å²) in [6, 6.07) is 6.20. The number of carbonyl (C=O) groups excluding carboxylic acids is 4. The van der Waals surface area contributed by atoms with Crippen molar-refractivity contribution in [3.05, 3.63) is 41.0 Å². The monoisotopic (exact) mass is 699 g/mol. The number of thiazole rings is 1. The van der Waals surface area contributed by atoms with Crippen LogP contribution in [0, 0.1) is 18.3 Å². The number of ether oxygens (including phenoxy) is 2. The number of aryl methyl sites for hydroxylation is 1. The number of β-amino-alcohol motifs (C(OH)–C–C–N with tert-alkyl or cyclic N) is 1. The van der Waals surface area contributed by atoms with E-state index in [4.69, 9.17) is 9.47 Å². The van der Waals surface area contributed by atoms with Gasteiger partial charge in [0.2, 0.25) is 17.7 Å². The van der Waals surface area contributed by atoms with Gasteiger partial charge in [-0.25, -0.2) is 9.78 Å². The van der Waals surface area contributed by atoms with E-state index in [1.54, 1.807) is 11.3 Å². The lowest BCUT2D eigenvalue weighted by Gasteiger charge is -2.37. The lowest BCUT2D eigenvalue weighted by Crippen LogP contribution is -2.58. The summed E-state index contributed by atoms with van der Waals surface area (Å²) in [6.45, 7) is 15.7. The maximum Gasteiger partial charge on any atom is 0.332 e. The number of hydrogen-bond acceptors (Lipinski definition) is 10. The highest BCUT2D eigenvalue weighted by atomic mass is 32.1. The fraction of sp³-hybridized carbons (Fsp3) is 0.639. The summed E-state index contributed by atoms with van der Waals surface area (Å²) in [4.78, 5) is 61.8. The molecule has 1 aromatic carbocycles. The van der Waals surface area contributed by atoms with E-state index in [9.17, 15) is 24.3 Å². The summed E-state index contributed by atoms with van der Waals surface area (Å²) >= 11 is 1.58. The molecule has 1 aromatic heterocycles. The van der Waals surface area contributed by atoms with Crippen molar-refractivity contribution >= 4 is 35.0 Å². The second-order valence-electron chi connectivity index (χ2n) is 15.1. The maximum atomic E-state index is 14.0. The molecule has 3 N–H and O–H groups in total. The molecule has 0 bridgehead atoms. The van der Waals surface area contributed by atoms with E-state index in [1.165, 1.54) is 4.90 Å². The van der Waals surface area contributed by atoms with Crippen LogP contribution in [-0.2, 0) is 35.2 Å². The Morgan fingerprint density at radius 1 is 1.04 bits per heavy atom. The van der Waals surface area contributed by atoms with E-state index in [-0.39, 0.29) is 49.8 Å².